The molecule has 2 atom stereocenters. The highest BCUT2D eigenvalue weighted by Gasteiger charge is 2.41. The summed E-state index contributed by atoms with van der Waals surface area (Å²) in [7, 11) is 1.70. The number of nitrogens with zero attached hydrogens (tertiary/aromatic N) is 3. The Bertz CT molecular complexity index is 1210. The van der Waals surface area contributed by atoms with Crippen molar-refractivity contribution in [2.75, 3.05) is 7.11 Å². The van der Waals surface area contributed by atoms with Crippen molar-refractivity contribution in [3.63, 3.8) is 0 Å². The van der Waals surface area contributed by atoms with Crippen LogP contribution in [0.5, 0.6) is 5.75 Å². The zero-order chi connectivity index (χ0) is 21.9. The van der Waals surface area contributed by atoms with Gasteiger partial charge in [-0.15, -0.1) is 0 Å². The summed E-state index contributed by atoms with van der Waals surface area (Å²) in [4.78, 5) is 6.91. The predicted octanol–water partition coefficient (Wildman–Crippen LogP) is 5.05. The third-order valence-corrected chi connectivity index (χ3v) is 6.17. The minimum absolute atomic E-state index is 0.0440. The summed E-state index contributed by atoms with van der Waals surface area (Å²) in [5, 5.41) is 4.26. The zero-order valence-electron chi connectivity index (χ0n) is 17.8. The monoisotopic (exact) mass is 440 g/mol. The summed E-state index contributed by atoms with van der Waals surface area (Å²) >= 11 is 5.83. The topological polar surface area (TPSA) is 42.3 Å². The summed E-state index contributed by atoms with van der Waals surface area (Å²) in [6.07, 6.45) is 3.90. The average Bonchev–Trinajstić information content (AvgIpc) is 3.45. The molecule has 2 aromatic heterocycles. The van der Waals surface area contributed by atoms with Gasteiger partial charge in [0.05, 0.1) is 30.6 Å². The molecule has 5 rings (SSSR count). The van der Waals surface area contributed by atoms with Crippen LogP contribution < -0.4 is 10.1 Å². The molecule has 0 bridgehead atoms. The van der Waals surface area contributed by atoms with E-state index in [0.29, 0.717) is 6.54 Å². The van der Waals surface area contributed by atoms with E-state index in [1.807, 2.05) is 42.6 Å². The first kappa shape index (κ1) is 20.3. The van der Waals surface area contributed by atoms with E-state index in [2.05, 4.69) is 74.5 Å². The van der Waals surface area contributed by atoms with E-state index in [1.54, 1.807) is 7.11 Å². The molecular formula is C26H24N4OS. The van der Waals surface area contributed by atoms with Gasteiger partial charge < -0.3 is 19.5 Å². The molecule has 1 saturated heterocycles. The molecule has 1 fully saturated rings. The lowest BCUT2D eigenvalue weighted by atomic mass is 10.0. The number of pyridine rings is 1. The normalized spacial score (nSPS) is 17.9. The Balaban J connectivity index is 1.62. The van der Waals surface area contributed by atoms with Gasteiger partial charge in [-0.2, -0.15) is 0 Å². The summed E-state index contributed by atoms with van der Waals surface area (Å²) in [5.74, 6) is 0.822. The van der Waals surface area contributed by atoms with E-state index in [1.165, 1.54) is 5.56 Å². The van der Waals surface area contributed by atoms with Gasteiger partial charge in [0.25, 0.3) is 0 Å². The van der Waals surface area contributed by atoms with Crippen molar-refractivity contribution in [2.24, 2.45) is 0 Å². The van der Waals surface area contributed by atoms with E-state index >= 15 is 0 Å². The Morgan fingerprint density at radius 2 is 1.72 bits per heavy atom. The first-order chi connectivity index (χ1) is 15.8. The van der Waals surface area contributed by atoms with Gasteiger partial charge in [-0.1, -0.05) is 48.5 Å². The van der Waals surface area contributed by atoms with E-state index in [-0.39, 0.29) is 12.1 Å². The molecule has 5 nitrogen and oxygen atoms in total. The second-order valence-corrected chi connectivity index (χ2v) is 8.10. The second-order valence-electron chi connectivity index (χ2n) is 7.72. The summed E-state index contributed by atoms with van der Waals surface area (Å²) in [6.45, 7) is 0.706. The molecule has 0 radical (unpaired) electrons. The number of nitrogens with one attached hydrogen (secondary N) is 1. The fraction of sp³-hybridized carbons (Fsp3) is 0.154. The van der Waals surface area contributed by atoms with Crippen molar-refractivity contribution < 1.29 is 4.74 Å². The number of thiocarbonyl (C=S) groups is 1. The Hall–Kier alpha value is -3.64. The van der Waals surface area contributed by atoms with Gasteiger partial charge >= 0.3 is 0 Å². The number of aromatic nitrogens is 2. The number of para-hydroxylation sites is 2. The van der Waals surface area contributed by atoms with Gasteiger partial charge in [0.2, 0.25) is 0 Å². The SMILES string of the molecule is COc1ccccc1-n1cccc1[C@@H]1[C@@H](c2ccccn2)NC(=S)N1Cc1ccccc1. The van der Waals surface area contributed by atoms with Crippen molar-refractivity contribution in [3.8, 4) is 11.4 Å². The van der Waals surface area contributed by atoms with E-state index in [0.717, 1.165) is 27.9 Å². The van der Waals surface area contributed by atoms with E-state index in [9.17, 15) is 0 Å². The average molecular weight is 441 g/mol. The minimum Gasteiger partial charge on any atom is -0.495 e. The van der Waals surface area contributed by atoms with Crippen molar-refractivity contribution in [3.05, 3.63) is 114 Å². The highest BCUT2D eigenvalue weighted by Crippen LogP contribution is 2.41. The summed E-state index contributed by atoms with van der Waals surface area (Å²) in [5.41, 5.74) is 4.28. The Morgan fingerprint density at radius 3 is 2.50 bits per heavy atom. The molecular weight excluding hydrogens is 416 g/mol. The maximum atomic E-state index is 5.83. The van der Waals surface area contributed by atoms with Crippen LogP contribution in [-0.4, -0.2) is 26.7 Å². The Morgan fingerprint density at radius 1 is 0.938 bits per heavy atom. The molecule has 3 heterocycles. The van der Waals surface area contributed by atoms with Crippen molar-refractivity contribution in [1.29, 1.82) is 0 Å². The second kappa shape index (κ2) is 8.85. The third kappa shape index (κ3) is 3.74. The van der Waals surface area contributed by atoms with Crippen molar-refractivity contribution >= 4 is 17.3 Å². The number of hydrogen-bond donors (Lipinski definition) is 1. The molecule has 6 heteroatoms. The van der Waals surface area contributed by atoms with Crippen LogP contribution in [-0.2, 0) is 6.54 Å². The van der Waals surface area contributed by atoms with Gasteiger partial charge in [0, 0.05) is 24.6 Å². The van der Waals surface area contributed by atoms with Crippen LogP contribution in [0.25, 0.3) is 5.69 Å². The van der Waals surface area contributed by atoms with Gasteiger partial charge in [-0.3, -0.25) is 4.98 Å². The number of hydrogen-bond acceptors (Lipinski definition) is 3. The van der Waals surface area contributed by atoms with Crippen molar-refractivity contribution in [2.45, 2.75) is 18.6 Å². The first-order valence-electron chi connectivity index (χ1n) is 10.6. The third-order valence-electron chi connectivity index (χ3n) is 5.82. The van der Waals surface area contributed by atoms with E-state index < -0.39 is 0 Å². The molecule has 0 unspecified atom stereocenters. The smallest absolute Gasteiger partial charge is 0.170 e. The van der Waals surface area contributed by atoms with Crippen molar-refractivity contribution in [1.82, 2.24) is 19.8 Å². The minimum atomic E-state index is -0.0734. The van der Waals surface area contributed by atoms with Crippen LogP contribution in [0.1, 0.15) is 29.0 Å². The quantitative estimate of drug-likeness (QED) is 0.425. The fourth-order valence-corrected chi connectivity index (χ4v) is 4.67. The molecule has 4 aromatic rings. The standard InChI is InChI=1S/C26H24N4OS/c1-31-23-15-6-5-13-21(23)29-17-9-14-22(29)25-24(20-12-7-8-16-27-20)28-26(32)30(25)18-19-10-3-2-4-11-19/h2-17,24-25H,18H2,1H3,(H,28,32)/t24-,25-/m1/s1. The highest BCUT2D eigenvalue weighted by molar-refractivity contribution is 7.80. The van der Waals surface area contributed by atoms with Crippen LogP contribution in [0.2, 0.25) is 0 Å². The maximum absolute atomic E-state index is 5.83. The van der Waals surface area contributed by atoms with Gasteiger partial charge in [-0.25, -0.2) is 0 Å². The fourth-order valence-electron chi connectivity index (χ4n) is 4.36. The zero-order valence-corrected chi connectivity index (χ0v) is 18.6. The molecule has 32 heavy (non-hydrogen) atoms. The predicted molar refractivity (Wildman–Crippen MR) is 130 cm³/mol. The van der Waals surface area contributed by atoms with Crippen LogP contribution in [0, 0.1) is 0 Å². The largest absolute Gasteiger partial charge is 0.495 e. The van der Waals surface area contributed by atoms with Gasteiger partial charge in [0.1, 0.15) is 5.75 Å². The molecule has 1 aliphatic rings. The molecule has 0 spiro atoms. The number of methoxy groups -OCH3 is 1. The molecule has 0 saturated carbocycles. The van der Waals surface area contributed by atoms with Crippen LogP contribution in [0.3, 0.4) is 0 Å². The lowest BCUT2D eigenvalue weighted by Crippen LogP contribution is -2.30. The van der Waals surface area contributed by atoms with Gasteiger partial charge in [-0.05, 0) is 54.2 Å². The number of rotatable bonds is 6. The van der Waals surface area contributed by atoms with Crippen LogP contribution in [0.15, 0.2) is 97.3 Å². The Labute approximate surface area is 193 Å². The van der Waals surface area contributed by atoms with Crippen LogP contribution >= 0.6 is 12.2 Å². The summed E-state index contributed by atoms with van der Waals surface area (Å²) < 4.78 is 7.84. The van der Waals surface area contributed by atoms with Gasteiger partial charge in [0.15, 0.2) is 5.11 Å². The first-order valence-corrected chi connectivity index (χ1v) is 11.0. The lowest BCUT2D eigenvalue weighted by molar-refractivity contribution is 0.302. The van der Waals surface area contributed by atoms with Crippen LogP contribution in [0.4, 0.5) is 0 Å². The number of ether oxygens (including phenoxy) is 1. The molecule has 2 aromatic carbocycles. The number of benzene rings is 2. The highest BCUT2D eigenvalue weighted by atomic mass is 32.1. The lowest BCUT2D eigenvalue weighted by Gasteiger charge is -2.29. The molecule has 0 aliphatic carbocycles. The molecule has 1 N–H and O–H groups in total. The maximum Gasteiger partial charge on any atom is 0.170 e. The van der Waals surface area contributed by atoms with E-state index in [4.69, 9.17) is 17.0 Å². The molecule has 0 amide bonds. The Kier molecular flexibility index (Phi) is 5.60. The summed E-state index contributed by atoms with van der Waals surface area (Å²) in [6, 6.07) is 28.6. The molecule has 1 aliphatic heterocycles. The molecule has 160 valence electrons.